The molecule has 21 heavy (non-hydrogen) atoms. The first-order valence-corrected chi connectivity index (χ1v) is 7.38. The fraction of sp³-hybridized carbons (Fsp3) is 0.312. The van der Waals surface area contributed by atoms with Crippen LogP contribution >= 0.6 is 15.9 Å². The molecule has 1 heterocycles. The second kappa shape index (κ2) is 5.59. The van der Waals surface area contributed by atoms with E-state index >= 15 is 0 Å². The number of hydrogen-bond donors (Lipinski definition) is 0. The van der Waals surface area contributed by atoms with E-state index in [4.69, 9.17) is 0 Å². The summed E-state index contributed by atoms with van der Waals surface area (Å²) in [6, 6.07) is 5.90. The number of aromatic nitrogens is 1. The highest BCUT2D eigenvalue weighted by Gasteiger charge is 2.34. The summed E-state index contributed by atoms with van der Waals surface area (Å²) in [4.78, 5) is 14.8. The first-order valence-electron chi connectivity index (χ1n) is 6.59. The zero-order chi connectivity index (χ0) is 14.6. The van der Waals surface area contributed by atoms with Crippen molar-refractivity contribution in [1.29, 1.82) is 0 Å². The molecule has 5 heteroatoms. The Hall–Kier alpha value is -1.10. The summed E-state index contributed by atoms with van der Waals surface area (Å²) in [5.74, 6) is 0.137. The Morgan fingerprint density at radius 3 is 2.52 bits per heavy atom. The van der Waals surface area contributed by atoms with Crippen LogP contribution in [0, 0.1) is 6.92 Å². The zero-order valence-corrected chi connectivity index (χ0v) is 14.8. The second-order valence-electron chi connectivity index (χ2n) is 5.60. The molecule has 3 rings (SSSR count). The minimum Gasteiger partial charge on any atom is -1.00 e. The van der Waals surface area contributed by atoms with Crippen LogP contribution in [0.4, 0.5) is 0 Å². The standard InChI is InChI=1S/C16H17BrN2O.ClH/c1-9-13(8-18(2)3)14-12-7-10(17)5-6-11(12)16(20)15(14)19(9)4;/h5-7H,8H2,1-4H3;1H/p-1. The van der Waals surface area contributed by atoms with E-state index < -0.39 is 0 Å². The Kier molecular flexibility index (Phi) is 4.34. The second-order valence-corrected chi connectivity index (χ2v) is 6.52. The number of hydrogen-bond acceptors (Lipinski definition) is 2. The van der Waals surface area contributed by atoms with Crippen LogP contribution in [0.25, 0.3) is 11.1 Å². The minimum absolute atomic E-state index is 0. The molecule has 0 radical (unpaired) electrons. The first kappa shape index (κ1) is 16.3. The fourth-order valence-electron chi connectivity index (χ4n) is 2.98. The van der Waals surface area contributed by atoms with Gasteiger partial charge >= 0.3 is 0 Å². The SMILES string of the molecule is Cc1c(CN(C)C)c2c(n1C)C(=O)c1ccc(Br)cc1-2.[Cl-]. The number of carbonyl (C=O) groups excluding carboxylic acids is 1. The number of ketones is 1. The van der Waals surface area contributed by atoms with Gasteiger partial charge in [0.25, 0.3) is 0 Å². The molecule has 0 atom stereocenters. The van der Waals surface area contributed by atoms with E-state index in [2.05, 4.69) is 47.9 Å². The van der Waals surface area contributed by atoms with Crippen LogP contribution in [0.15, 0.2) is 22.7 Å². The maximum atomic E-state index is 12.6. The number of halogens is 2. The molecule has 112 valence electrons. The van der Waals surface area contributed by atoms with Crippen LogP contribution in [0.1, 0.15) is 27.3 Å². The molecule has 0 aliphatic heterocycles. The van der Waals surface area contributed by atoms with E-state index in [1.54, 1.807) is 0 Å². The molecule has 1 aromatic heterocycles. The highest BCUT2D eigenvalue weighted by molar-refractivity contribution is 9.10. The zero-order valence-electron chi connectivity index (χ0n) is 12.5. The van der Waals surface area contributed by atoms with Crippen LogP contribution in [0.5, 0.6) is 0 Å². The summed E-state index contributed by atoms with van der Waals surface area (Å²) in [6.45, 7) is 2.93. The van der Waals surface area contributed by atoms with Crippen LogP contribution in [-0.2, 0) is 13.6 Å². The molecule has 1 aliphatic rings. The van der Waals surface area contributed by atoms with E-state index in [0.717, 1.165) is 33.4 Å². The summed E-state index contributed by atoms with van der Waals surface area (Å²) < 4.78 is 3.04. The van der Waals surface area contributed by atoms with Gasteiger partial charge in [-0.05, 0) is 50.3 Å². The highest BCUT2D eigenvalue weighted by Crippen LogP contribution is 2.42. The summed E-state index contributed by atoms with van der Waals surface area (Å²) in [7, 11) is 6.08. The highest BCUT2D eigenvalue weighted by atomic mass is 79.9. The van der Waals surface area contributed by atoms with Gasteiger partial charge in [0.2, 0.25) is 5.78 Å². The molecule has 2 aromatic rings. The van der Waals surface area contributed by atoms with Crippen molar-refractivity contribution in [3.05, 3.63) is 45.2 Å². The van der Waals surface area contributed by atoms with Gasteiger partial charge in [0.1, 0.15) is 0 Å². The molecular formula is C16H17BrClN2O-. The quantitative estimate of drug-likeness (QED) is 0.653. The Bertz CT molecular complexity index is 734. The van der Waals surface area contributed by atoms with Crippen LogP contribution in [0.3, 0.4) is 0 Å². The van der Waals surface area contributed by atoms with E-state index in [1.165, 1.54) is 11.3 Å². The third-order valence-electron chi connectivity index (χ3n) is 4.00. The van der Waals surface area contributed by atoms with Gasteiger partial charge in [-0.25, -0.2) is 0 Å². The lowest BCUT2D eigenvalue weighted by molar-refractivity contribution is -0.0000115. The first-order chi connectivity index (χ1) is 9.41. The lowest BCUT2D eigenvalue weighted by Crippen LogP contribution is -3.00. The van der Waals surface area contributed by atoms with Crippen molar-refractivity contribution >= 4 is 21.7 Å². The molecule has 1 aromatic carbocycles. The Balaban J connectivity index is 0.00000161. The molecule has 0 unspecified atom stereocenters. The van der Waals surface area contributed by atoms with Gasteiger partial charge in [-0.15, -0.1) is 0 Å². The monoisotopic (exact) mass is 367 g/mol. The summed E-state index contributed by atoms with van der Waals surface area (Å²) in [5.41, 5.74) is 6.22. The summed E-state index contributed by atoms with van der Waals surface area (Å²) in [6.07, 6.45) is 0. The third kappa shape index (κ3) is 2.35. The molecule has 0 amide bonds. The molecule has 0 fully saturated rings. The van der Waals surface area contributed by atoms with Gasteiger partial charge < -0.3 is 21.9 Å². The van der Waals surface area contributed by atoms with Crippen molar-refractivity contribution in [3.8, 4) is 11.1 Å². The van der Waals surface area contributed by atoms with Crippen molar-refractivity contribution < 1.29 is 17.2 Å². The number of fused-ring (bicyclic) bond motifs is 3. The summed E-state index contributed by atoms with van der Waals surface area (Å²) in [5, 5.41) is 0. The van der Waals surface area contributed by atoms with E-state index in [0.29, 0.717) is 0 Å². The van der Waals surface area contributed by atoms with Gasteiger partial charge in [-0.3, -0.25) is 4.79 Å². The van der Waals surface area contributed by atoms with Crippen molar-refractivity contribution in [3.63, 3.8) is 0 Å². The minimum atomic E-state index is 0. The third-order valence-corrected chi connectivity index (χ3v) is 4.49. The maximum absolute atomic E-state index is 12.6. The number of nitrogens with zero attached hydrogens (tertiary/aromatic N) is 2. The lowest BCUT2D eigenvalue weighted by atomic mass is 10.0. The van der Waals surface area contributed by atoms with E-state index in [1.807, 2.05) is 23.7 Å². The lowest BCUT2D eigenvalue weighted by Gasteiger charge is -2.12. The van der Waals surface area contributed by atoms with Gasteiger partial charge in [-0.1, -0.05) is 15.9 Å². The van der Waals surface area contributed by atoms with Gasteiger partial charge in [0.05, 0.1) is 5.69 Å². The number of carbonyl (C=O) groups is 1. The average molecular weight is 369 g/mol. The fourth-order valence-corrected chi connectivity index (χ4v) is 3.34. The largest absolute Gasteiger partial charge is 1.00 e. The molecule has 3 nitrogen and oxygen atoms in total. The van der Waals surface area contributed by atoms with Gasteiger partial charge in [-0.2, -0.15) is 0 Å². The molecule has 1 aliphatic carbocycles. The smallest absolute Gasteiger partial charge is 0.210 e. The van der Waals surface area contributed by atoms with E-state index in [-0.39, 0.29) is 18.2 Å². The summed E-state index contributed by atoms with van der Waals surface area (Å²) >= 11 is 3.51. The topological polar surface area (TPSA) is 25.2 Å². The van der Waals surface area contributed by atoms with Crippen molar-refractivity contribution in [1.82, 2.24) is 9.47 Å². The number of rotatable bonds is 2. The molecule has 0 N–H and O–H groups in total. The Morgan fingerprint density at radius 2 is 1.90 bits per heavy atom. The van der Waals surface area contributed by atoms with Crippen molar-refractivity contribution in [2.24, 2.45) is 7.05 Å². The van der Waals surface area contributed by atoms with Crippen LogP contribution < -0.4 is 12.4 Å². The molecule has 0 saturated carbocycles. The average Bonchev–Trinajstić information content (AvgIpc) is 2.79. The Labute approximate surface area is 139 Å². The number of benzene rings is 1. The van der Waals surface area contributed by atoms with Gasteiger partial charge in [0, 0.05) is 34.9 Å². The normalized spacial score (nSPS) is 12.4. The van der Waals surface area contributed by atoms with Gasteiger partial charge in [0.15, 0.2) is 0 Å². The molecule has 0 spiro atoms. The molecule has 0 saturated heterocycles. The predicted molar refractivity (Wildman–Crippen MR) is 84.1 cm³/mol. The molecular weight excluding hydrogens is 352 g/mol. The van der Waals surface area contributed by atoms with Crippen LogP contribution in [0.2, 0.25) is 0 Å². The predicted octanol–water partition coefficient (Wildman–Crippen LogP) is 0.373. The Morgan fingerprint density at radius 1 is 1.24 bits per heavy atom. The van der Waals surface area contributed by atoms with Crippen LogP contribution in [-0.4, -0.2) is 29.3 Å². The van der Waals surface area contributed by atoms with E-state index in [9.17, 15) is 4.79 Å². The van der Waals surface area contributed by atoms with Crippen molar-refractivity contribution in [2.45, 2.75) is 13.5 Å². The van der Waals surface area contributed by atoms with Crippen molar-refractivity contribution in [2.75, 3.05) is 14.1 Å². The maximum Gasteiger partial charge on any atom is 0.210 e. The molecule has 0 bridgehead atoms.